The van der Waals surface area contributed by atoms with Gasteiger partial charge in [0.25, 0.3) is 0 Å². The van der Waals surface area contributed by atoms with Gasteiger partial charge in [-0.1, -0.05) is 26.7 Å². The summed E-state index contributed by atoms with van der Waals surface area (Å²) in [6, 6.07) is 0.514. The standard InChI is InChI=1S/C19H38N4O/c1-4-12-23-13-9-16(10-14-23)22-18(20-5-2)21-15-19(3)11-7-6-8-17(19)24/h16-17,24H,4-15H2,1-3H3,(H2,20,21,22). The van der Waals surface area contributed by atoms with Crippen LogP contribution >= 0.6 is 0 Å². The van der Waals surface area contributed by atoms with Gasteiger partial charge in [0.15, 0.2) is 5.96 Å². The molecular formula is C19H38N4O. The number of likely N-dealkylation sites (tertiary alicyclic amines) is 1. The third-order valence-electron chi connectivity index (χ3n) is 5.69. The van der Waals surface area contributed by atoms with E-state index in [1.165, 1.54) is 45.3 Å². The van der Waals surface area contributed by atoms with Gasteiger partial charge in [0.2, 0.25) is 0 Å². The van der Waals surface area contributed by atoms with E-state index in [-0.39, 0.29) is 11.5 Å². The Morgan fingerprint density at radius 3 is 2.58 bits per heavy atom. The molecule has 1 saturated carbocycles. The number of guanidine groups is 1. The molecule has 2 fully saturated rings. The molecule has 140 valence electrons. The highest BCUT2D eigenvalue weighted by atomic mass is 16.3. The van der Waals surface area contributed by atoms with E-state index < -0.39 is 0 Å². The molecular weight excluding hydrogens is 300 g/mol. The van der Waals surface area contributed by atoms with Crippen molar-refractivity contribution >= 4 is 5.96 Å². The Bertz CT molecular complexity index is 393. The van der Waals surface area contributed by atoms with Gasteiger partial charge in [-0.3, -0.25) is 4.99 Å². The molecule has 0 radical (unpaired) electrons. The van der Waals surface area contributed by atoms with Crippen molar-refractivity contribution in [2.24, 2.45) is 10.4 Å². The number of nitrogens with one attached hydrogen (secondary N) is 2. The largest absolute Gasteiger partial charge is 0.392 e. The van der Waals surface area contributed by atoms with Gasteiger partial charge in [-0.05, 0) is 45.6 Å². The molecule has 0 spiro atoms. The average Bonchev–Trinajstić information content (AvgIpc) is 2.58. The predicted octanol–water partition coefficient (Wildman–Crippen LogP) is 2.36. The molecule has 2 atom stereocenters. The molecule has 1 aliphatic heterocycles. The van der Waals surface area contributed by atoms with E-state index in [2.05, 4.69) is 36.3 Å². The molecule has 24 heavy (non-hydrogen) atoms. The monoisotopic (exact) mass is 338 g/mol. The summed E-state index contributed by atoms with van der Waals surface area (Å²) in [5, 5.41) is 17.4. The lowest BCUT2D eigenvalue weighted by molar-refractivity contribution is 0.00715. The van der Waals surface area contributed by atoms with Crippen LogP contribution in [0.5, 0.6) is 0 Å². The number of hydrogen-bond donors (Lipinski definition) is 3. The lowest BCUT2D eigenvalue weighted by Crippen LogP contribution is -2.49. The zero-order valence-corrected chi connectivity index (χ0v) is 16.0. The number of aliphatic hydroxyl groups excluding tert-OH is 1. The SMILES string of the molecule is CCCN1CCC(NC(=NCC2(C)CCCCC2O)NCC)CC1. The summed E-state index contributed by atoms with van der Waals surface area (Å²) in [4.78, 5) is 7.39. The molecule has 0 aromatic heterocycles. The Morgan fingerprint density at radius 1 is 1.21 bits per heavy atom. The molecule has 2 unspecified atom stereocenters. The zero-order valence-electron chi connectivity index (χ0n) is 16.0. The van der Waals surface area contributed by atoms with Crippen molar-refractivity contribution in [2.75, 3.05) is 32.7 Å². The fraction of sp³-hybridized carbons (Fsp3) is 0.947. The van der Waals surface area contributed by atoms with E-state index in [0.29, 0.717) is 12.6 Å². The smallest absolute Gasteiger partial charge is 0.191 e. The number of piperidine rings is 1. The first-order chi connectivity index (χ1) is 11.6. The minimum Gasteiger partial charge on any atom is -0.392 e. The number of aliphatic hydroxyl groups is 1. The normalized spacial score (nSPS) is 30.3. The maximum Gasteiger partial charge on any atom is 0.191 e. The minimum atomic E-state index is -0.213. The summed E-state index contributed by atoms with van der Waals surface area (Å²) in [5.74, 6) is 0.922. The lowest BCUT2D eigenvalue weighted by atomic mass is 9.73. The van der Waals surface area contributed by atoms with Crippen molar-refractivity contribution in [1.29, 1.82) is 0 Å². The molecule has 0 aromatic carbocycles. The molecule has 2 aliphatic rings. The lowest BCUT2D eigenvalue weighted by Gasteiger charge is -2.37. The topological polar surface area (TPSA) is 59.9 Å². The molecule has 2 rings (SSSR count). The third kappa shape index (κ3) is 5.62. The van der Waals surface area contributed by atoms with E-state index in [4.69, 9.17) is 4.99 Å². The van der Waals surface area contributed by atoms with E-state index in [1.807, 2.05) is 0 Å². The molecule has 5 nitrogen and oxygen atoms in total. The van der Waals surface area contributed by atoms with Crippen LogP contribution in [0.4, 0.5) is 0 Å². The Hall–Kier alpha value is -0.810. The van der Waals surface area contributed by atoms with Crippen molar-refractivity contribution in [3.8, 4) is 0 Å². The first kappa shape index (κ1) is 19.5. The second kappa shape index (κ2) is 9.62. The summed E-state index contributed by atoms with van der Waals surface area (Å²) in [6.45, 7) is 11.7. The summed E-state index contributed by atoms with van der Waals surface area (Å²) in [7, 11) is 0. The second-order valence-corrected chi connectivity index (χ2v) is 7.87. The molecule has 5 heteroatoms. The van der Waals surface area contributed by atoms with Crippen LogP contribution in [0.2, 0.25) is 0 Å². The second-order valence-electron chi connectivity index (χ2n) is 7.87. The van der Waals surface area contributed by atoms with E-state index in [9.17, 15) is 5.11 Å². The Kier molecular flexibility index (Phi) is 7.82. The molecule has 3 N–H and O–H groups in total. The van der Waals surface area contributed by atoms with Crippen molar-refractivity contribution in [3.05, 3.63) is 0 Å². The molecule has 0 aromatic rings. The fourth-order valence-corrected chi connectivity index (χ4v) is 3.96. The van der Waals surface area contributed by atoms with Gasteiger partial charge >= 0.3 is 0 Å². The summed E-state index contributed by atoms with van der Waals surface area (Å²) >= 11 is 0. The van der Waals surface area contributed by atoms with Crippen molar-refractivity contribution in [2.45, 2.75) is 77.9 Å². The summed E-state index contributed by atoms with van der Waals surface area (Å²) in [6.07, 6.45) is 7.75. The highest BCUT2D eigenvalue weighted by Crippen LogP contribution is 2.36. The summed E-state index contributed by atoms with van der Waals surface area (Å²) in [5.41, 5.74) is -0.0644. The first-order valence-electron chi connectivity index (χ1n) is 10.0. The molecule has 1 heterocycles. The van der Waals surface area contributed by atoms with E-state index in [0.717, 1.165) is 31.8 Å². The van der Waals surface area contributed by atoms with Crippen LogP contribution in [-0.4, -0.2) is 60.8 Å². The van der Waals surface area contributed by atoms with Gasteiger partial charge in [0.05, 0.1) is 12.6 Å². The summed E-state index contributed by atoms with van der Waals surface area (Å²) < 4.78 is 0. The van der Waals surface area contributed by atoms with E-state index >= 15 is 0 Å². The Morgan fingerprint density at radius 2 is 1.96 bits per heavy atom. The van der Waals surface area contributed by atoms with Gasteiger partial charge in [-0.2, -0.15) is 0 Å². The quantitative estimate of drug-likeness (QED) is 0.514. The highest BCUT2D eigenvalue weighted by molar-refractivity contribution is 5.80. The zero-order chi connectivity index (χ0) is 17.4. The molecule has 1 saturated heterocycles. The van der Waals surface area contributed by atoms with Gasteiger partial charge in [-0.15, -0.1) is 0 Å². The van der Waals surface area contributed by atoms with Crippen LogP contribution in [0, 0.1) is 5.41 Å². The fourth-order valence-electron chi connectivity index (χ4n) is 3.96. The van der Waals surface area contributed by atoms with Crippen molar-refractivity contribution in [1.82, 2.24) is 15.5 Å². The number of aliphatic imine (C=N–C) groups is 1. The van der Waals surface area contributed by atoms with Crippen LogP contribution in [-0.2, 0) is 0 Å². The number of rotatable bonds is 6. The third-order valence-corrected chi connectivity index (χ3v) is 5.69. The van der Waals surface area contributed by atoms with Crippen LogP contribution in [0.15, 0.2) is 4.99 Å². The van der Waals surface area contributed by atoms with Crippen molar-refractivity contribution < 1.29 is 5.11 Å². The number of hydrogen-bond acceptors (Lipinski definition) is 3. The first-order valence-corrected chi connectivity index (χ1v) is 10.0. The molecule has 0 bridgehead atoms. The van der Waals surface area contributed by atoms with Crippen LogP contribution < -0.4 is 10.6 Å². The Balaban J connectivity index is 1.87. The number of nitrogens with zero attached hydrogens (tertiary/aromatic N) is 2. The maximum absolute atomic E-state index is 10.4. The van der Waals surface area contributed by atoms with Crippen LogP contribution in [0.1, 0.15) is 65.7 Å². The van der Waals surface area contributed by atoms with Crippen LogP contribution in [0.25, 0.3) is 0 Å². The highest BCUT2D eigenvalue weighted by Gasteiger charge is 2.35. The average molecular weight is 339 g/mol. The Labute approximate surface area is 148 Å². The van der Waals surface area contributed by atoms with Gasteiger partial charge in [-0.25, -0.2) is 0 Å². The maximum atomic E-state index is 10.4. The molecule has 0 amide bonds. The van der Waals surface area contributed by atoms with Crippen molar-refractivity contribution in [3.63, 3.8) is 0 Å². The predicted molar refractivity (Wildman–Crippen MR) is 101 cm³/mol. The van der Waals surface area contributed by atoms with Crippen LogP contribution in [0.3, 0.4) is 0 Å². The van der Waals surface area contributed by atoms with Gasteiger partial charge < -0.3 is 20.6 Å². The molecule has 1 aliphatic carbocycles. The minimum absolute atomic E-state index is 0.0644. The van der Waals surface area contributed by atoms with Gasteiger partial charge in [0, 0.05) is 31.1 Å². The van der Waals surface area contributed by atoms with Gasteiger partial charge in [0.1, 0.15) is 0 Å². The van der Waals surface area contributed by atoms with E-state index in [1.54, 1.807) is 0 Å².